The summed E-state index contributed by atoms with van der Waals surface area (Å²) >= 11 is 0. The molecule has 124 valence electrons. The number of hydrogen-bond acceptors (Lipinski definition) is 3. The van der Waals surface area contributed by atoms with Gasteiger partial charge in [-0.3, -0.25) is 14.6 Å². The van der Waals surface area contributed by atoms with E-state index in [2.05, 4.69) is 20.6 Å². The molecule has 0 bridgehead atoms. The van der Waals surface area contributed by atoms with Crippen molar-refractivity contribution >= 4 is 5.91 Å². The van der Waals surface area contributed by atoms with Crippen molar-refractivity contribution in [2.75, 3.05) is 0 Å². The number of aromatic nitrogens is 4. The molecule has 0 aliphatic rings. The van der Waals surface area contributed by atoms with Crippen molar-refractivity contribution in [3.63, 3.8) is 0 Å². The van der Waals surface area contributed by atoms with Crippen LogP contribution in [0.5, 0.6) is 0 Å². The highest BCUT2D eigenvalue weighted by atomic mass is 19.1. The number of carbonyl (C=O) groups is 1. The highest BCUT2D eigenvalue weighted by Crippen LogP contribution is 2.18. The van der Waals surface area contributed by atoms with Gasteiger partial charge in [0.05, 0.1) is 11.9 Å². The van der Waals surface area contributed by atoms with Crippen LogP contribution >= 0.6 is 0 Å². The number of aryl methyl sites for hydroxylation is 1. The number of halogens is 1. The average Bonchev–Trinajstić information content (AvgIpc) is 3.20. The van der Waals surface area contributed by atoms with Gasteiger partial charge in [-0.1, -0.05) is 0 Å². The topological polar surface area (TPSA) is 75.6 Å². The molecule has 0 unspecified atom stereocenters. The van der Waals surface area contributed by atoms with E-state index in [0.29, 0.717) is 17.9 Å². The van der Waals surface area contributed by atoms with Crippen LogP contribution < -0.4 is 5.32 Å². The predicted molar refractivity (Wildman–Crippen MR) is 87.8 cm³/mol. The molecule has 6 nitrogen and oxygen atoms in total. The van der Waals surface area contributed by atoms with E-state index in [1.54, 1.807) is 24.4 Å². The maximum atomic E-state index is 13.0. The van der Waals surface area contributed by atoms with Crippen LogP contribution in [0.3, 0.4) is 0 Å². The Morgan fingerprint density at radius 1 is 1.33 bits per heavy atom. The number of nitrogens with zero attached hydrogens (tertiary/aromatic N) is 3. The first-order valence-electron chi connectivity index (χ1n) is 7.69. The van der Waals surface area contributed by atoms with Crippen LogP contribution in [0, 0.1) is 12.7 Å². The lowest BCUT2D eigenvalue weighted by Gasteiger charge is -2.04. The molecule has 0 spiro atoms. The van der Waals surface area contributed by atoms with Crippen LogP contribution in [0.15, 0.2) is 36.5 Å². The van der Waals surface area contributed by atoms with Gasteiger partial charge in [0.1, 0.15) is 11.5 Å². The molecule has 0 saturated carbocycles. The molecular weight excluding hydrogens is 309 g/mol. The lowest BCUT2D eigenvalue weighted by atomic mass is 10.1. The Labute approximate surface area is 138 Å². The van der Waals surface area contributed by atoms with Crippen molar-refractivity contribution in [3.8, 4) is 11.3 Å². The Balaban J connectivity index is 1.67. The fourth-order valence-electron chi connectivity index (χ4n) is 2.45. The molecule has 0 aliphatic heterocycles. The standard InChI is InChI=1S/C17H18FN5O/c1-3-23-11(2)13(10-20-23)9-19-17(24)16-8-15(21-22-16)12-4-6-14(18)7-5-12/h4-8,10H,3,9H2,1-2H3,(H,19,24)(H,21,22). The van der Waals surface area contributed by atoms with E-state index in [1.807, 2.05) is 18.5 Å². The van der Waals surface area contributed by atoms with Crippen LogP contribution in [-0.4, -0.2) is 25.9 Å². The van der Waals surface area contributed by atoms with Crippen LogP contribution in [0.1, 0.15) is 28.7 Å². The zero-order chi connectivity index (χ0) is 17.1. The minimum atomic E-state index is -0.310. The molecule has 3 aromatic rings. The molecule has 1 aromatic carbocycles. The third-order valence-electron chi connectivity index (χ3n) is 3.91. The van der Waals surface area contributed by atoms with Crippen molar-refractivity contribution in [3.05, 3.63) is 59.3 Å². The number of rotatable bonds is 5. The summed E-state index contributed by atoms with van der Waals surface area (Å²) in [5.41, 5.74) is 3.70. The highest BCUT2D eigenvalue weighted by molar-refractivity contribution is 5.93. The summed E-state index contributed by atoms with van der Waals surface area (Å²) in [5.74, 6) is -0.560. The number of nitrogens with one attached hydrogen (secondary N) is 2. The number of benzene rings is 1. The number of aromatic amines is 1. The van der Waals surface area contributed by atoms with E-state index in [0.717, 1.165) is 23.4 Å². The van der Waals surface area contributed by atoms with E-state index in [-0.39, 0.29) is 11.7 Å². The molecule has 0 saturated heterocycles. The Morgan fingerprint density at radius 2 is 2.08 bits per heavy atom. The van der Waals surface area contributed by atoms with E-state index in [1.165, 1.54) is 12.1 Å². The lowest BCUT2D eigenvalue weighted by Crippen LogP contribution is -2.23. The van der Waals surface area contributed by atoms with Gasteiger partial charge in [-0.2, -0.15) is 10.2 Å². The summed E-state index contributed by atoms with van der Waals surface area (Å²) in [6.45, 7) is 5.18. The predicted octanol–water partition coefficient (Wildman–Crippen LogP) is 2.67. The second-order valence-corrected chi connectivity index (χ2v) is 5.43. The molecule has 0 aliphatic carbocycles. The molecule has 2 N–H and O–H groups in total. The summed E-state index contributed by atoms with van der Waals surface area (Å²) in [7, 11) is 0. The molecule has 0 fully saturated rings. The fraction of sp³-hybridized carbons (Fsp3) is 0.235. The molecular formula is C17H18FN5O. The van der Waals surface area contributed by atoms with Gasteiger partial charge in [-0.25, -0.2) is 4.39 Å². The highest BCUT2D eigenvalue weighted by Gasteiger charge is 2.12. The van der Waals surface area contributed by atoms with Gasteiger partial charge in [0.15, 0.2) is 0 Å². The quantitative estimate of drug-likeness (QED) is 0.756. The van der Waals surface area contributed by atoms with Gasteiger partial charge in [0.25, 0.3) is 5.91 Å². The van der Waals surface area contributed by atoms with E-state index in [4.69, 9.17) is 0 Å². The molecule has 0 radical (unpaired) electrons. The second kappa shape index (κ2) is 6.66. The number of H-pyrrole nitrogens is 1. The van der Waals surface area contributed by atoms with E-state index in [9.17, 15) is 9.18 Å². The molecule has 24 heavy (non-hydrogen) atoms. The largest absolute Gasteiger partial charge is 0.347 e. The van der Waals surface area contributed by atoms with Crippen LogP contribution in [0.2, 0.25) is 0 Å². The molecule has 1 amide bonds. The summed E-state index contributed by atoms with van der Waals surface area (Å²) in [5, 5.41) is 13.9. The zero-order valence-electron chi connectivity index (χ0n) is 13.5. The Kier molecular flexibility index (Phi) is 4.41. The number of amides is 1. The third kappa shape index (κ3) is 3.19. The van der Waals surface area contributed by atoms with Crippen LogP contribution in [-0.2, 0) is 13.1 Å². The average molecular weight is 327 g/mol. The Morgan fingerprint density at radius 3 is 2.75 bits per heavy atom. The van der Waals surface area contributed by atoms with Gasteiger partial charge in [-0.15, -0.1) is 0 Å². The van der Waals surface area contributed by atoms with E-state index < -0.39 is 0 Å². The SMILES string of the molecule is CCn1ncc(CNC(=O)c2cc(-c3ccc(F)cc3)n[nH]2)c1C. The second-order valence-electron chi connectivity index (χ2n) is 5.43. The first-order valence-corrected chi connectivity index (χ1v) is 7.69. The summed E-state index contributed by atoms with van der Waals surface area (Å²) in [4.78, 5) is 12.2. The van der Waals surface area contributed by atoms with Gasteiger partial charge < -0.3 is 5.32 Å². The Hall–Kier alpha value is -2.96. The number of hydrogen-bond donors (Lipinski definition) is 2. The minimum Gasteiger partial charge on any atom is -0.347 e. The lowest BCUT2D eigenvalue weighted by molar-refractivity contribution is 0.0946. The normalized spacial score (nSPS) is 10.8. The summed E-state index contributed by atoms with van der Waals surface area (Å²) in [6, 6.07) is 7.60. The first kappa shape index (κ1) is 15.9. The van der Waals surface area contributed by atoms with Crippen molar-refractivity contribution in [2.24, 2.45) is 0 Å². The number of carbonyl (C=O) groups excluding carboxylic acids is 1. The van der Waals surface area contributed by atoms with Crippen molar-refractivity contribution < 1.29 is 9.18 Å². The molecule has 2 aromatic heterocycles. The van der Waals surface area contributed by atoms with Gasteiger partial charge in [0, 0.05) is 29.9 Å². The van der Waals surface area contributed by atoms with Crippen LogP contribution in [0.25, 0.3) is 11.3 Å². The first-order chi connectivity index (χ1) is 11.6. The monoisotopic (exact) mass is 327 g/mol. The zero-order valence-corrected chi connectivity index (χ0v) is 13.5. The van der Waals surface area contributed by atoms with Crippen molar-refractivity contribution in [1.29, 1.82) is 0 Å². The minimum absolute atomic E-state index is 0.250. The van der Waals surface area contributed by atoms with Gasteiger partial charge in [-0.05, 0) is 44.2 Å². The molecule has 2 heterocycles. The third-order valence-corrected chi connectivity index (χ3v) is 3.91. The molecule has 0 atom stereocenters. The summed E-state index contributed by atoms with van der Waals surface area (Å²) < 4.78 is 14.8. The van der Waals surface area contributed by atoms with Crippen molar-refractivity contribution in [1.82, 2.24) is 25.3 Å². The van der Waals surface area contributed by atoms with Gasteiger partial charge >= 0.3 is 0 Å². The maximum absolute atomic E-state index is 13.0. The molecule has 3 rings (SSSR count). The van der Waals surface area contributed by atoms with Gasteiger partial charge in [0.2, 0.25) is 0 Å². The summed E-state index contributed by atoms with van der Waals surface area (Å²) in [6.07, 6.45) is 1.76. The van der Waals surface area contributed by atoms with E-state index >= 15 is 0 Å². The maximum Gasteiger partial charge on any atom is 0.269 e. The fourth-order valence-corrected chi connectivity index (χ4v) is 2.45. The Bertz CT molecular complexity index is 850. The van der Waals surface area contributed by atoms with Crippen molar-refractivity contribution in [2.45, 2.75) is 26.9 Å². The smallest absolute Gasteiger partial charge is 0.269 e. The van der Waals surface area contributed by atoms with Crippen LogP contribution in [0.4, 0.5) is 4.39 Å². The molecule has 7 heteroatoms.